The topological polar surface area (TPSA) is 0 Å². The summed E-state index contributed by atoms with van der Waals surface area (Å²) in [4.78, 5) is 0. The first-order valence-electron chi connectivity index (χ1n) is 8.75. The maximum absolute atomic E-state index is 3.75. The number of benzene rings is 2. The lowest BCUT2D eigenvalue weighted by molar-refractivity contribution is 0.967. The smallest absolute Gasteiger partial charge is 0.0679 e. The molecule has 0 spiro atoms. The molecule has 3 heteroatoms. The molecule has 0 saturated heterocycles. The van der Waals surface area contributed by atoms with Gasteiger partial charge < -0.3 is 0 Å². The zero-order chi connectivity index (χ0) is 17.9. The second-order valence-corrected chi connectivity index (χ2v) is 14.5. The van der Waals surface area contributed by atoms with Crippen molar-refractivity contribution in [1.29, 1.82) is 0 Å². The van der Waals surface area contributed by atoms with Gasteiger partial charge >= 0.3 is 0 Å². The predicted molar refractivity (Wildman–Crippen MR) is 119 cm³/mol. The van der Waals surface area contributed by atoms with E-state index in [2.05, 4.69) is 107 Å². The molecule has 0 unspecified atom stereocenters. The highest BCUT2D eigenvalue weighted by atomic mass is 79.9. The van der Waals surface area contributed by atoms with Crippen molar-refractivity contribution in [3.63, 3.8) is 0 Å². The highest BCUT2D eigenvalue weighted by molar-refractivity contribution is 9.10. The maximum atomic E-state index is 3.75. The molecule has 2 aromatic rings. The average molecular weight is 474 g/mol. The van der Waals surface area contributed by atoms with E-state index in [0.29, 0.717) is 11.1 Å². The molecule has 0 radical (unpaired) electrons. The van der Waals surface area contributed by atoms with E-state index in [9.17, 15) is 0 Å². The second-order valence-electron chi connectivity index (χ2n) is 7.95. The van der Waals surface area contributed by atoms with E-state index in [1.807, 2.05) is 0 Å². The summed E-state index contributed by atoms with van der Waals surface area (Å²) in [6, 6.07) is 13.4. The van der Waals surface area contributed by atoms with Gasteiger partial charge in [-0.15, -0.1) is 0 Å². The molecule has 2 aromatic carbocycles. The molecule has 128 valence electrons. The van der Waals surface area contributed by atoms with Crippen LogP contribution in [-0.2, 0) is 0 Å². The van der Waals surface area contributed by atoms with Crippen LogP contribution in [-0.4, -0.2) is 8.07 Å². The SMILES string of the molecule is CC1=Cc2c(Br)cccc2[C@@H]1[Si](C)(C)[C@H]1C(C)=Cc2c(Br)cccc21. The summed E-state index contributed by atoms with van der Waals surface area (Å²) in [5, 5.41) is 0. The van der Waals surface area contributed by atoms with Crippen molar-refractivity contribution >= 4 is 52.1 Å². The Labute approximate surface area is 168 Å². The molecule has 0 heterocycles. The maximum Gasteiger partial charge on any atom is 0.0722 e. The van der Waals surface area contributed by atoms with Crippen molar-refractivity contribution in [2.75, 3.05) is 0 Å². The van der Waals surface area contributed by atoms with Gasteiger partial charge in [0.15, 0.2) is 0 Å². The minimum Gasteiger partial charge on any atom is -0.0679 e. The molecular weight excluding hydrogens is 452 g/mol. The molecule has 2 aliphatic rings. The first-order chi connectivity index (χ1) is 11.8. The van der Waals surface area contributed by atoms with Crippen molar-refractivity contribution in [3.05, 3.63) is 78.7 Å². The number of hydrogen-bond acceptors (Lipinski definition) is 0. The molecule has 0 saturated carbocycles. The summed E-state index contributed by atoms with van der Waals surface area (Å²) in [5.41, 5.74) is 9.99. The van der Waals surface area contributed by atoms with Crippen LogP contribution in [0, 0.1) is 0 Å². The predicted octanol–water partition coefficient (Wildman–Crippen LogP) is 7.70. The van der Waals surface area contributed by atoms with Crippen LogP contribution >= 0.6 is 31.9 Å². The monoisotopic (exact) mass is 472 g/mol. The number of rotatable bonds is 2. The summed E-state index contributed by atoms with van der Waals surface area (Å²) in [5.74, 6) is 0. The van der Waals surface area contributed by atoms with Crippen LogP contribution in [0.3, 0.4) is 0 Å². The van der Waals surface area contributed by atoms with Gasteiger partial charge in [-0.25, -0.2) is 0 Å². The lowest BCUT2D eigenvalue weighted by Crippen LogP contribution is -2.42. The van der Waals surface area contributed by atoms with E-state index in [1.165, 1.54) is 42.3 Å². The van der Waals surface area contributed by atoms with Gasteiger partial charge in [0.2, 0.25) is 0 Å². The highest BCUT2D eigenvalue weighted by Gasteiger charge is 2.46. The zero-order valence-electron chi connectivity index (χ0n) is 15.0. The van der Waals surface area contributed by atoms with Crippen molar-refractivity contribution in [2.24, 2.45) is 0 Å². The fourth-order valence-corrected chi connectivity index (χ4v) is 11.1. The van der Waals surface area contributed by atoms with Crippen LogP contribution in [0.25, 0.3) is 12.2 Å². The average Bonchev–Trinajstić information content (AvgIpc) is 3.06. The van der Waals surface area contributed by atoms with Gasteiger partial charge in [0, 0.05) is 20.0 Å². The highest BCUT2D eigenvalue weighted by Crippen LogP contribution is 2.53. The number of halogens is 2. The summed E-state index contributed by atoms with van der Waals surface area (Å²) in [6.45, 7) is 9.79. The van der Waals surface area contributed by atoms with Gasteiger partial charge in [-0.1, -0.05) is 92.5 Å². The van der Waals surface area contributed by atoms with Gasteiger partial charge in [-0.3, -0.25) is 0 Å². The van der Waals surface area contributed by atoms with E-state index in [-0.39, 0.29) is 0 Å². The lowest BCUT2D eigenvalue weighted by Gasteiger charge is -2.39. The Balaban J connectivity index is 1.86. The molecule has 2 atom stereocenters. The van der Waals surface area contributed by atoms with E-state index in [4.69, 9.17) is 0 Å². The van der Waals surface area contributed by atoms with Crippen LogP contribution < -0.4 is 0 Å². The first kappa shape index (κ1) is 17.5. The molecule has 0 fully saturated rings. The minimum absolute atomic E-state index is 0.568. The van der Waals surface area contributed by atoms with Gasteiger partial charge in [-0.05, 0) is 48.2 Å². The normalized spacial score (nSPS) is 21.7. The molecule has 0 aromatic heterocycles. The second kappa shape index (κ2) is 6.07. The van der Waals surface area contributed by atoms with Crippen molar-refractivity contribution in [2.45, 2.75) is 38.0 Å². The van der Waals surface area contributed by atoms with Crippen molar-refractivity contribution in [1.82, 2.24) is 0 Å². The van der Waals surface area contributed by atoms with Gasteiger partial charge in [-0.2, -0.15) is 0 Å². The summed E-state index contributed by atoms with van der Waals surface area (Å²) in [7, 11) is -1.69. The zero-order valence-corrected chi connectivity index (χ0v) is 19.2. The van der Waals surface area contributed by atoms with Crippen molar-refractivity contribution < 1.29 is 0 Å². The third kappa shape index (κ3) is 2.58. The molecule has 0 bridgehead atoms. The number of hydrogen-bond donors (Lipinski definition) is 0. The van der Waals surface area contributed by atoms with Crippen LogP contribution in [0.1, 0.15) is 47.2 Å². The Morgan fingerprint density at radius 2 is 1.12 bits per heavy atom. The summed E-state index contributed by atoms with van der Waals surface area (Å²) < 4.78 is 2.44. The third-order valence-corrected chi connectivity index (χ3v) is 11.8. The fourth-order valence-electron chi connectivity index (χ4n) is 5.17. The Morgan fingerprint density at radius 3 is 1.52 bits per heavy atom. The quantitative estimate of drug-likeness (QED) is 0.392. The molecule has 0 N–H and O–H groups in total. The number of fused-ring (bicyclic) bond motifs is 2. The molecule has 25 heavy (non-hydrogen) atoms. The van der Waals surface area contributed by atoms with E-state index >= 15 is 0 Å². The molecule has 2 aliphatic carbocycles. The largest absolute Gasteiger partial charge is 0.0722 e. The van der Waals surface area contributed by atoms with Crippen LogP contribution in [0.5, 0.6) is 0 Å². The van der Waals surface area contributed by atoms with E-state index in [1.54, 1.807) is 0 Å². The van der Waals surface area contributed by atoms with E-state index < -0.39 is 8.07 Å². The summed E-state index contributed by atoms with van der Waals surface area (Å²) >= 11 is 7.51. The standard InChI is InChI=1S/C22H22Br2Si/c1-13-11-17-15(7-5-9-19(17)23)21(13)25(3,4)22-14(2)12-18-16(22)8-6-10-20(18)24/h5-12,21-22H,1-4H3/t21-,22+. The minimum atomic E-state index is -1.69. The van der Waals surface area contributed by atoms with Crippen LogP contribution in [0.4, 0.5) is 0 Å². The first-order valence-corrected chi connectivity index (χ1v) is 13.5. The molecule has 4 rings (SSSR count). The molecule has 0 nitrogen and oxygen atoms in total. The van der Waals surface area contributed by atoms with Crippen LogP contribution in [0.15, 0.2) is 56.5 Å². The van der Waals surface area contributed by atoms with Crippen LogP contribution in [0.2, 0.25) is 13.1 Å². The van der Waals surface area contributed by atoms with Gasteiger partial charge in [0.05, 0.1) is 8.07 Å². The van der Waals surface area contributed by atoms with Gasteiger partial charge in [0.25, 0.3) is 0 Å². The van der Waals surface area contributed by atoms with Gasteiger partial charge in [0.1, 0.15) is 0 Å². The molecule has 0 amide bonds. The summed E-state index contributed by atoms with van der Waals surface area (Å²) in [6.07, 6.45) is 4.79. The lowest BCUT2D eigenvalue weighted by atomic mass is 10.1. The van der Waals surface area contributed by atoms with E-state index in [0.717, 1.165) is 0 Å². The Hall–Kier alpha value is -0.903. The Bertz CT molecular complexity index is 862. The Morgan fingerprint density at radius 1 is 0.720 bits per heavy atom. The molecular formula is C22H22Br2Si. The van der Waals surface area contributed by atoms with Crippen molar-refractivity contribution in [3.8, 4) is 0 Å². The fraction of sp³-hybridized carbons (Fsp3) is 0.273. The third-order valence-electron chi connectivity index (χ3n) is 5.94. The Kier molecular flexibility index (Phi) is 4.25. The molecule has 0 aliphatic heterocycles. The number of allylic oxidation sites excluding steroid dienone is 2.